The summed E-state index contributed by atoms with van der Waals surface area (Å²) < 4.78 is 6.71. The van der Waals surface area contributed by atoms with Crippen molar-refractivity contribution in [3.63, 3.8) is 0 Å². The van der Waals surface area contributed by atoms with Crippen molar-refractivity contribution in [1.29, 1.82) is 0 Å². The predicted octanol–water partition coefficient (Wildman–Crippen LogP) is 8.35. The number of carbonyl (C=O) groups is 2. The van der Waals surface area contributed by atoms with E-state index in [1.165, 1.54) is 28.8 Å². The molecule has 2 aromatic heterocycles. The van der Waals surface area contributed by atoms with Crippen molar-refractivity contribution in [1.82, 2.24) is 10.2 Å². The highest BCUT2D eigenvalue weighted by atomic mass is 35.5. The first-order valence-corrected chi connectivity index (χ1v) is 17.2. The molecule has 1 unspecified atom stereocenters. The highest BCUT2D eigenvalue weighted by molar-refractivity contribution is 8.00. The smallest absolute Gasteiger partial charge is 0.297 e. The molecule has 2 amide bonds. The van der Waals surface area contributed by atoms with Crippen molar-refractivity contribution in [3.8, 4) is 0 Å². The Morgan fingerprint density at radius 2 is 1.60 bits per heavy atom. The molecule has 0 saturated carbocycles. The van der Waals surface area contributed by atoms with Gasteiger partial charge in [-0.05, 0) is 53.6 Å². The molecule has 0 aliphatic carbocycles. The van der Waals surface area contributed by atoms with Gasteiger partial charge in [-0.3, -0.25) is 19.3 Å². The molecule has 4 heterocycles. The largest absolute Gasteiger partial charge is 0.450 e. The van der Waals surface area contributed by atoms with Crippen LogP contribution in [0.3, 0.4) is 0 Å². The van der Waals surface area contributed by atoms with Gasteiger partial charge in [0.15, 0.2) is 15.3 Å². The fourth-order valence-electron chi connectivity index (χ4n) is 6.17. The lowest BCUT2D eigenvalue weighted by atomic mass is 9.84. The summed E-state index contributed by atoms with van der Waals surface area (Å²) in [6.07, 6.45) is 0. The lowest BCUT2D eigenvalue weighted by Crippen LogP contribution is -2.53. The average molecular weight is 718 g/mol. The van der Waals surface area contributed by atoms with Gasteiger partial charge in [-0.1, -0.05) is 106 Å². The van der Waals surface area contributed by atoms with Gasteiger partial charge >= 0.3 is 0 Å². The number of carbonyl (C=O) groups excluding carboxylic acids is 2. The third-order valence-corrected chi connectivity index (χ3v) is 11.2. The van der Waals surface area contributed by atoms with E-state index in [9.17, 15) is 9.59 Å². The van der Waals surface area contributed by atoms with Crippen LogP contribution in [0, 0.1) is 0 Å². The number of nitrogens with zero attached hydrogens (tertiary/aromatic N) is 4. The monoisotopic (exact) mass is 716 g/mol. The molecule has 4 aromatic carbocycles. The summed E-state index contributed by atoms with van der Waals surface area (Å²) in [5, 5.41) is 10.5. The summed E-state index contributed by atoms with van der Waals surface area (Å²) in [5.41, 5.74) is 0.280. The maximum Gasteiger partial charge on any atom is 0.297 e. The van der Waals surface area contributed by atoms with E-state index in [1.54, 1.807) is 47.4 Å². The van der Waals surface area contributed by atoms with Crippen molar-refractivity contribution in [2.45, 2.75) is 22.2 Å². The highest BCUT2D eigenvalue weighted by Crippen LogP contribution is 2.55. The third kappa shape index (κ3) is 4.69. The second-order valence-electron chi connectivity index (χ2n) is 10.9. The van der Waals surface area contributed by atoms with Crippen LogP contribution in [0.5, 0.6) is 0 Å². The molecular formula is C34H19Cl3N4O4S2. The number of hydrogen-bond acceptors (Lipinski definition) is 8. The minimum Gasteiger partial charge on any atom is -0.450 e. The van der Waals surface area contributed by atoms with E-state index in [4.69, 9.17) is 39.2 Å². The molecule has 1 atom stereocenters. The van der Waals surface area contributed by atoms with Gasteiger partial charge in [-0.2, -0.15) is 0 Å². The first-order chi connectivity index (χ1) is 22.8. The Balaban J connectivity index is 1.32. The van der Waals surface area contributed by atoms with E-state index in [0.717, 1.165) is 16.9 Å². The van der Waals surface area contributed by atoms with E-state index in [-0.39, 0.29) is 34.0 Å². The average Bonchev–Trinajstić information content (AvgIpc) is 3.71. The number of halogens is 3. The van der Waals surface area contributed by atoms with Crippen molar-refractivity contribution in [3.05, 3.63) is 144 Å². The summed E-state index contributed by atoms with van der Waals surface area (Å²) in [7, 11) is 0. The lowest BCUT2D eigenvalue weighted by Gasteiger charge is -2.32. The lowest BCUT2D eigenvalue weighted by molar-refractivity contribution is -0.121. The number of rotatable bonds is 6. The molecule has 8 rings (SSSR count). The summed E-state index contributed by atoms with van der Waals surface area (Å²) in [5.74, 6) is -0.866. The van der Waals surface area contributed by atoms with Crippen molar-refractivity contribution < 1.29 is 14.0 Å². The van der Waals surface area contributed by atoms with Gasteiger partial charge in [-0.15, -0.1) is 10.2 Å². The van der Waals surface area contributed by atoms with Gasteiger partial charge in [0, 0.05) is 26.4 Å². The second kappa shape index (κ2) is 11.5. The number of aromatic nitrogens is 2. The normalized spacial score (nSPS) is 16.8. The Morgan fingerprint density at radius 1 is 0.851 bits per heavy atom. The maximum absolute atomic E-state index is 15.1. The molecule has 0 N–H and O–H groups in total. The van der Waals surface area contributed by atoms with Crippen molar-refractivity contribution in [2.24, 2.45) is 0 Å². The predicted molar refractivity (Wildman–Crippen MR) is 185 cm³/mol. The maximum atomic E-state index is 15.1. The molecular weight excluding hydrogens is 699 g/mol. The van der Waals surface area contributed by atoms with Gasteiger partial charge in [0.1, 0.15) is 5.58 Å². The van der Waals surface area contributed by atoms with Gasteiger partial charge < -0.3 is 9.32 Å². The Kier molecular flexibility index (Phi) is 7.38. The van der Waals surface area contributed by atoms with Gasteiger partial charge in [-0.25, -0.2) is 0 Å². The number of hydrogen-bond donors (Lipinski definition) is 0. The van der Waals surface area contributed by atoms with Crippen LogP contribution in [0.1, 0.15) is 32.8 Å². The Hall–Kier alpha value is -4.19. The Bertz CT molecular complexity index is 2330. The number of thioether (sulfide) groups is 1. The van der Waals surface area contributed by atoms with Crippen LogP contribution in [-0.2, 0) is 22.6 Å². The number of anilines is 2. The van der Waals surface area contributed by atoms with Gasteiger partial charge in [0.05, 0.1) is 23.2 Å². The number of amides is 2. The van der Waals surface area contributed by atoms with Crippen LogP contribution in [0.15, 0.2) is 105 Å². The molecule has 232 valence electrons. The van der Waals surface area contributed by atoms with Crippen LogP contribution < -0.4 is 15.2 Å². The molecule has 0 fully saturated rings. The summed E-state index contributed by atoms with van der Waals surface area (Å²) in [6.45, 7) is 0.0949. The topological polar surface area (TPSA) is 96.6 Å². The van der Waals surface area contributed by atoms with Crippen LogP contribution in [0.4, 0.5) is 10.8 Å². The van der Waals surface area contributed by atoms with Crippen molar-refractivity contribution in [2.75, 3.05) is 9.80 Å². The molecule has 1 spiro atoms. The quantitative estimate of drug-likeness (QED) is 0.126. The van der Waals surface area contributed by atoms with Crippen LogP contribution in [0.25, 0.3) is 11.0 Å². The summed E-state index contributed by atoms with van der Waals surface area (Å²) >= 11 is 21.5. The molecule has 0 bridgehead atoms. The minimum absolute atomic E-state index is 0.0949. The van der Waals surface area contributed by atoms with E-state index >= 15 is 4.79 Å². The molecule has 6 aromatic rings. The van der Waals surface area contributed by atoms with E-state index < -0.39 is 22.8 Å². The third-order valence-electron chi connectivity index (χ3n) is 8.24. The zero-order valence-corrected chi connectivity index (χ0v) is 27.8. The standard InChI is InChI=1S/C34H19Cl3N4O4S2/c35-20-11-9-18(10-12-20)17-46-33-39-38-32(47-33)41-30(43)29-27(28(42)22-15-21(36)13-14-26(22)45-29)34(41)23-6-2-4-8-25(23)40(31(34)44)16-19-5-1-3-7-24(19)37/h1-15H,16-17H2. The molecule has 13 heteroatoms. The first-order valence-electron chi connectivity index (χ1n) is 14.2. The van der Waals surface area contributed by atoms with Gasteiger partial charge in [0.2, 0.25) is 10.9 Å². The number of fused-ring (bicyclic) bond motifs is 5. The van der Waals surface area contributed by atoms with Crippen molar-refractivity contribution >= 4 is 91.5 Å². The second-order valence-corrected chi connectivity index (χ2v) is 14.4. The zero-order valence-electron chi connectivity index (χ0n) is 23.9. The van der Waals surface area contributed by atoms with Gasteiger partial charge in [0.25, 0.3) is 11.8 Å². The number of benzene rings is 4. The Labute approximate surface area is 290 Å². The molecule has 0 radical (unpaired) electrons. The minimum atomic E-state index is -1.93. The van der Waals surface area contributed by atoms with E-state index in [0.29, 0.717) is 42.0 Å². The highest BCUT2D eigenvalue weighted by Gasteiger charge is 2.66. The summed E-state index contributed by atoms with van der Waals surface area (Å²) in [4.78, 5) is 46.9. The SMILES string of the molecule is O=C1c2oc3ccc(Cl)cc3c(=O)c2C2(C(=O)N(Cc3ccccc3Cl)c3ccccc32)N1c1nnc(SCc2ccc(Cl)cc2)s1. The molecule has 0 saturated heterocycles. The molecule has 2 aliphatic rings. The first kappa shape index (κ1) is 30.2. The summed E-state index contributed by atoms with van der Waals surface area (Å²) in [6, 6.07) is 26.3. The zero-order chi connectivity index (χ0) is 32.4. The van der Waals surface area contributed by atoms with Crippen LogP contribution in [-0.4, -0.2) is 22.0 Å². The fourth-order valence-corrected chi connectivity index (χ4v) is 8.51. The molecule has 47 heavy (non-hydrogen) atoms. The molecule has 2 aliphatic heterocycles. The number of para-hydroxylation sites is 1. The van der Waals surface area contributed by atoms with Crippen LogP contribution >= 0.6 is 57.9 Å². The Morgan fingerprint density at radius 3 is 2.40 bits per heavy atom. The van der Waals surface area contributed by atoms with E-state index in [1.807, 2.05) is 36.4 Å². The fraction of sp³-hybridized carbons (Fsp3) is 0.0882. The van der Waals surface area contributed by atoms with E-state index in [2.05, 4.69) is 10.2 Å². The van der Waals surface area contributed by atoms with Crippen LogP contribution in [0.2, 0.25) is 15.1 Å². The molecule has 8 nitrogen and oxygen atoms in total.